The van der Waals surface area contributed by atoms with Crippen LogP contribution < -0.4 is 0 Å². The number of nitrogens with zero attached hydrogens (tertiary/aromatic N) is 2. The van der Waals surface area contributed by atoms with Crippen molar-refractivity contribution >= 4 is 26.6 Å². The number of fused-ring (bicyclic) bond motifs is 1. The summed E-state index contributed by atoms with van der Waals surface area (Å²) in [4.78, 5) is 19.0. The zero-order valence-electron chi connectivity index (χ0n) is 20.5. The number of sulfone groups is 1. The number of hydrogen-bond donors (Lipinski definition) is 1. The number of halogens is 2. The van der Waals surface area contributed by atoms with E-state index in [1.807, 2.05) is 12.1 Å². The van der Waals surface area contributed by atoms with Crippen LogP contribution in [0.5, 0.6) is 0 Å². The summed E-state index contributed by atoms with van der Waals surface area (Å²) in [6.07, 6.45) is 1.98. The first-order valence-corrected chi connectivity index (χ1v) is 13.9. The van der Waals surface area contributed by atoms with Crippen LogP contribution in [-0.2, 0) is 22.0 Å². The number of piperidine rings is 1. The van der Waals surface area contributed by atoms with Gasteiger partial charge >= 0.3 is 0 Å². The van der Waals surface area contributed by atoms with Crippen LogP contribution in [0.3, 0.4) is 0 Å². The average molecular weight is 537 g/mol. The fourth-order valence-corrected chi connectivity index (χ4v) is 6.43. The molecule has 0 atom stereocenters. The smallest absolute Gasteiger partial charge is 0.253 e. The maximum atomic E-state index is 14.1. The van der Waals surface area contributed by atoms with E-state index in [0.29, 0.717) is 16.6 Å². The second-order valence-electron chi connectivity index (χ2n) is 9.69. The first-order valence-electron chi connectivity index (χ1n) is 12.3. The predicted molar refractivity (Wildman–Crippen MR) is 139 cm³/mol. The van der Waals surface area contributed by atoms with E-state index in [1.165, 1.54) is 12.1 Å². The number of pyridine rings is 1. The highest BCUT2D eigenvalue weighted by Gasteiger charge is 2.35. The first-order chi connectivity index (χ1) is 18.2. The van der Waals surface area contributed by atoms with E-state index >= 15 is 0 Å². The Bertz CT molecular complexity index is 1590. The molecular formula is C29H26F2N2O4S. The fraction of sp³-hybridized carbons (Fsp3) is 0.241. The third-order valence-corrected chi connectivity index (χ3v) is 8.73. The van der Waals surface area contributed by atoms with Gasteiger partial charge in [-0.1, -0.05) is 42.5 Å². The van der Waals surface area contributed by atoms with Gasteiger partial charge < -0.3 is 10.0 Å². The number of carbonyl (C=O) groups is 1. The summed E-state index contributed by atoms with van der Waals surface area (Å²) >= 11 is 0. The summed E-state index contributed by atoms with van der Waals surface area (Å²) in [5.41, 5.74) is 0.239. The van der Waals surface area contributed by atoms with Crippen molar-refractivity contribution in [1.29, 1.82) is 0 Å². The summed E-state index contributed by atoms with van der Waals surface area (Å²) in [6, 6.07) is 18.9. The van der Waals surface area contributed by atoms with Crippen molar-refractivity contribution in [2.45, 2.75) is 35.5 Å². The molecule has 0 radical (unpaired) electrons. The van der Waals surface area contributed by atoms with Gasteiger partial charge in [0.2, 0.25) is 0 Å². The predicted octanol–water partition coefficient (Wildman–Crippen LogP) is 4.70. The van der Waals surface area contributed by atoms with Gasteiger partial charge in [0.25, 0.3) is 5.91 Å². The van der Waals surface area contributed by atoms with Crippen LogP contribution in [0.4, 0.5) is 8.78 Å². The molecule has 1 aliphatic rings. The highest BCUT2D eigenvalue weighted by atomic mass is 32.2. The zero-order valence-corrected chi connectivity index (χ0v) is 21.3. The molecule has 1 amide bonds. The second kappa shape index (κ2) is 10.2. The normalized spacial score (nSPS) is 15.5. The van der Waals surface area contributed by atoms with E-state index in [9.17, 15) is 27.1 Å². The fourth-order valence-electron chi connectivity index (χ4n) is 4.89. The van der Waals surface area contributed by atoms with Crippen molar-refractivity contribution in [1.82, 2.24) is 9.88 Å². The van der Waals surface area contributed by atoms with Gasteiger partial charge in [-0.3, -0.25) is 9.78 Å². The van der Waals surface area contributed by atoms with Crippen LogP contribution in [-0.4, -0.2) is 48.0 Å². The molecule has 1 aliphatic heterocycles. The van der Waals surface area contributed by atoms with Crippen LogP contribution >= 0.6 is 0 Å². The molecule has 1 aromatic heterocycles. The summed E-state index contributed by atoms with van der Waals surface area (Å²) < 4.78 is 53.9. The van der Waals surface area contributed by atoms with Gasteiger partial charge in [-0.05, 0) is 54.3 Å². The Balaban J connectivity index is 1.24. The van der Waals surface area contributed by atoms with Crippen LogP contribution in [0.15, 0.2) is 83.9 Å². The van der Waals surface area contributed by atoms with Crippen LogP contribution in [0, 0.1) is 11.6 Å². The van der Waals surface area contributed by atoms with Gasteiger partial charge in [0, 0.05) is 36.7 Å². The molecular weight excluding hydrogens is 510 g/mol. The molecule has 38 heavy (non-hydrogen) atoms. The molecule has 3 aromatic carbocycles. The van der Waals surface area contributed by atoms with E-state index < -0.39 is 27.1 Å². The van der Waals surface area contributed by atoms with E-state index in [1.54, 1.807) is 53.6 Å². The number of amides is 1. The van der Waals surface area contributed by atoms with Gasteiger partial charge in [0.15, 0.2) is 21.5 Å². The average Bonchev–Trinajstić information content (AvgIpc) is 2.91. The minimum absolute atomic E-state index is 0.0337. The molecule has 1 fully saturated rings. The van der Waals surface area contributed by atoms with E-state index in [4.69, 9.17) is 0 Å². The van der Waals surface area contributed by atoms with Gasteiger partial charge in [0.1, 0.15) is 0 Å². The third kappa shape index (κ3) is 5.30. The minimum Gasteiger partial charge on any atom is -0.389 e. The highest BCUT2D eigenvalue weighted by Crippen LogP contribution is 2.29. The van der Waals surface area contributed by atoms with Gasteiger partial charge in [-0.25, -0.2) is 17.2 Å². The van der Waals surface area contributed by atoms with Crippen molar-refractivity contribution in [3.8, 4) is 0 Å². The highest BCUT2D eigenvalue weighted by molar-refractivity contribution is 7.90. The first kappa shape index (κ1) is 25.9. The molecule has 9 heteroatoms. The Labute approximate surface area is 219 Å². The molecule has 1 N–H and O–H groups in total. The number of carbonyl (C=O) groups excluding carboxylic acids is 1. The Morgan fingerprint density at radius 1 is 0.947 bits per heavy atom. The summed E-state index contributed by atoms with van der Waals surface area (Å²) in [7, 11) is -3.67. The number of aromatic nitrogens is 1. The maximum absolute atomic E-state index is 14.1. The summed E-state index contributed by atoms with van der Waals surface area (Å²) in [6.45, 7) is 0.521. The van der Waals surface area contributed by atoms with E-state index in [0.717, 1.165) is 11.5 Å². The van der Waals surface area contributed by atoms with Crippen molar-refractivity contribution in [3.63, 3.8) is 0 Å². The maximum Gasteiger partial charge on any atom is 0.253 e. The number of rotatable bonds is 6. The number of hydrogen-bond acceptors (Lipinski definition) is 5. The monoisotopic (exact) mass is 536 g/mol. The van der Waals surface area contributed by atoms with Gasteiger partial charge in [0.05, 0.1) is 21.8 Å². The molecule has 0 spiro atoms. The Morgan fingerprint density at radius 3 is 2.37 bits per heavy atom. The summed E-state index contributed by atoms with van der Waals surface area (Å²) in [5.74, 6) is -2.39. The standard InChI is InChI=1S/C29H26F2N2O4S/c30-24-7-1-5-23(26(24)31)18-29(35)13-16-33(17-14-29)28(34)22-11-9-20(10-12-22)19-38(36,37)25-8-2-4-21-6-3-15-32-27(21)25/h1-12,15,35H,13-14,16-19H2. The number of likely N-dealkylation sites (tertiary alicyclic amines) is 1. The second-order valence-corrected chi connectivity index (χ2v) is 11.7. The van der Waals surface area contributed by atoms with Gasteiger partial charge in [-0.15, -0.1) is 0 Å². The molecule has 1 saturated heterocycles. The van der Waals surface area contributed by atoms with Crippen LogP contribution in [0.25, 0.3) is 10.9 Å². The van der Waals surface area contributed by atoms with Crippen molar-refractivity contribution in [2.75, 3.05) is 13.1 Å². The number of benzene rings is 3. The molecule has 2 heterocycles. The Kier molecular flexibility index (Phi) is 6.98. The molecule has 0 saturated carbocycles. The third-order valence-electron chi connectivity index (χ3n) is 7.02. The lowest BCUT2D eigenvalue weighted by atomic mass is 9.85. The molecule has 0 bridgehead atoms. The quantitative estimate of drug-likeness (QED) is 0.386. The van der Waals surface area contributed by atoms with Crippen molar-refractivity contribution in [2.24, 2.45) is 0 Å². The molecule has 4 aromatic rings. The van der Waals surface area contributed by atoms with E-state index in [2.05, 4.69) is 4.98 Å². The van der Waals surface area contributed by atoms with Gasteiger partial charge in [-0.2, -0.15) is 0 Å². The lowest BCUT2D eigenvalue weighted by Crippen LogP contribution is -2.47. The Morgan fingerprint density at radius 2 is 1.63 bits per heavy atom. The SMILES string of the molecule is O=C(c1ccc(CS(=O)(=O)c2cccc3cccnc23)cc1)N1CCC(O)(Cc2cccc(F)c2F)CC1. The largest absolute Gasteiger partial charge is 0.389 e. The number of aliphatic hydroxyl groups is 1. The lowest BCUT2D eigenvalue weighted by Gasteiger charge is -2.38. The summed E-state index contributed by atoms with van der Waals surface area (Å²) in [5, 5.41) is 11.7. The molecule has 0 unspecified atom stereocenters. The zero-order chi connectivity index (χ0) is 26.9. The Hall–Kier alpha value is -3.69. The van der Waals surface area contributed by atoms with E-state index in [-0.39, 0.29) is 54.5 Å². The lowest BCUT2D eigenvalue weighted by molar-refractivity contribution is -0.0168. The number of para-hydroxylation sites is 1. The molecule has 0 aliphatic carbocycles. The topological polar surface area (TPSA) is 87.6 Å². The molecule has 5 rings (SSSR count). The van der Waals surface area contributed by atoms with Crippen LogP contribution in [0.1, 0.15) is 34.3 Å². The van der Waals surface area contributed by atoms with Crippen LogP contribution in [0.2, 0.25) is 0 Å². The molecule has 196 valence electrons. The molecule has 6 nitrogen and oxygen atoms in total. The van der Waals surface area contributed by atoms with Crippen molar-refractivity contribution < 1.29 is 27.1 Å². The van der Waals surface area contributed by atoms with Crippen molar-refractivity contribution in [3.05, 3.63) is 107 Å². The minimum atomic E-state index is -3.67.